The zero-order chi connectivity index (χ0) is 17.9. The van der Waals surface area contributed by atoms with E-state index in [4.69, 9.17) is 27.9 Å². The Labute approximate surface area is 154 Å². The van der Waals surface area contributed by atoms with E-state index in [9.17, 15) is 9.59 Å². The smallest absolute Gasteiger partial charge is 0.341 e. The monoisotopic (exact) mass is 383 g/mol. The summed E-state index contributed by atoms with van der Waals surface area (Å²) in [5, 5.41) is 4.05. The van der Waals surface area contributed by atoms with Crippen LogP contribution >= 0.6 is 34.5 Å². The predicted octanol–water partition coefficient (Wildman–Crippen LogP) is 5.11. The van der Waals surface area contributed by atoms with Gasteiger partial charge in [0.15, 0.2) is 0 Å². The third-order valence-electron chi connectivity index (χ3n) is 3.38. The summed E-state index contributed by atoms with van der Waals surface area (Å²) in [6.07, 6.45) is 2.98. The van der Waals surface area contributed by atoms with Crippen molar-refractivity contribution in [2.24, 2.45) is 0 Å². The molecule has 1 N–H and O–H groups in total. The van der Waals surface area contributed by atoms with E-state index in [1.807, 2.05) is 13.8 Å². The van der Waals surface area contributed by atoms with Gasteiger partial charge in [-0.15, -0.1) is 11.3 Å². The fraction of sp³-hybridized carbons (Fsp3) is 0.176. The van der Waals surface area contributed by atoms with Crippen LogP contribution in [-0.4, -0.2) is 19.0 Å². The summed E-state index contributed by atoms with van der Waals surface area (Å²) in [5.41, 5.74) is 1.93. The van der Waals surface area contributed by atoms with Gasteiger partial charge in [0, 0.05) is 11.0 Å². The molecule has 1 heterocycles. The van der Waals surface area contributed by atoms with Crippen molar-refractivity contribution in [1.29, 1.82) is 0 Å². The molecule has 0 aliphatic carbocycles. The van der Waals surface area contributed by atoms with Crippen LogP contribution < -0.4 is 5.32 Å². The molecule has 1 aromatic heterocycles. The Bertz CT molecular complexity index is 827. The minimum Gasteiger partial charge on any atom is -0.465 e. The van der Waals surface area contributed by atoms with Crippen LogP contribution in [-0.2, 0) is 9.53 Å². The van der Waals surface area contributed by atoms with E-state index in [2.05, 4.69) is 5.32 Å². The molecule has 24 heavy (non-hydrogen) atoms. The Morgan fingerprint density at radius 1 is 1.21 bits per heavy atom. The van der Waals surface area contributed by atoms with Gasteiger partial charge in [-0.1, -0.05) is 29.3 Å². The average molecular weight is 384 g/mol. The molecule has 1 amide bonds. The molecule has 4 nitrogen and oxygen atoms in total. The molecular weight excluding hydrogens is 369 g/mol. The van der Waals surface area contributed by atoms with Gasteiger partial charge in [-0.05, 0) is 43.2 Å². The molecule has 0 aliphatic heterocycles. The third-order valence-corrected chi connectivity index (χ3v) is 5.24. The van der Waals surface area contributed by atoms with Crippen molar-refractivity contribution in [2.75, 3.05) is 12.4 Å². The molecule has 1 aromatic carbocycles. The minimum absolute atomic E-state index is 0.354. The lowest BCUT2D eigenvalue weighted by Gasteiger charge is -2.04. The highest BCUT2D eigenvalue weighted by atomic mass is 35.5. The van der Waals surface area contributed by atoms with Gasteiger partial charge in [-0.3, -0.25) is 4.79 Å². The summed E-state index contributed by atoms with van der Waals surface area (Å²) in [5.74, 6) is -0.826. The van der Waals surface area contributed by atoms with Crippen LogP contribution in [0.25, 0.3) is 6.08 Å². The lowest BCUT2D eigenvalue weighted by atomic mass is 10.1. The summed E-state index contributed by atoms with van der Waals surface area (Å²) in [6, 6.07) is 5.06. The highest BCUT2D eigenvalue weighted by Crippen LogP contribution is 2.33. The van der Waals surface area contributed by atoms with Gasteiger partial charge < -0.3 is 10.1 Å². The number of benzene rings is 1. The van der Waals surface area contributed by atoms with Crippen molar-refractivity contribution in [3.63, 3.8) is 0 Å². The number of amides is 1. The maximum Gasteiger partial charge on any atom is 0.341 e. The maximum absolute atomic E-state index is 12.1. The van der Waals surface area contributed by atoms with Gasteiger partial charge in [0.1, 0.15) is 5.00 Å². The number of anilines is 1. The fourth-order valence-corrected chi connectivity index (χ4v) is 3.36. The number of ether oxygens (including phenoxy) is 1. The van der Waals surface area contributed by atoms with Crippen LogP contribution in [0.4, 0.5) is 5.00 Å². The largest absolute Gasteiger partial charge is 0.465 e. The quantitative estimate of drug-likeness (QED) is 0.589. The van der Waals surface area contributed by atoms with E-state index in [1.165, 1.54) is 24.5 Å². The molecule has 0 radical (unpaired) electrons. The molecule has 0 aliphatic rings. The van der Waals surface area contributed by atoms with Crippen molar-refractivity contribution in [2.45, 2.75) is 13.8 Å². The molecule has 0 saturated carbocycles. The maximum atomic E-state index is 12.1. The lowest BCUT2D eigenvalue weighted by molar-refractivity contribution is -0.111. The Hall–Kier alpha value is -1.82. The second-order valence-electron chi connectivity index (χ2n) is 4.98. The highest BCUT2D eigenvalue weighted by molar-refractivity contribution is 7.16. The van der Waals surface area contributed by atoms with Crippen molar-refractivity contribution < 1.29 is 14.3 Å². The Morgan fingerprint density at radius 2 is 1.92 bits per heavy atom. The van der Waals surface area contributed by atoms with Crippen LogP contribution in [0.1, 0.15) is 26.4 Å². The molecule has 126 valence electrons. The van der Waals surface area contributed by atoms with E-state index < -0.39 is 5.97 Å². The first-order chi connectivity index (χ1) is 11.3. The van der Waals surface area contributed by atoms with E-state index in [0.29, 0.717) is 20.6 Å². The van der Waals surface area contributed by atoms with Gasteiger partial charge in [0.05, 0.1) is 22.7 Å². The number of carbonyl (C=O) groups is 2. The van der Waals surface area contributed by atoms with Gasteiger partial charge in [0.25, 0.3) is 0 Å². The molecule has 0 fully saturated rings. The van der Waals surface area contributed by atoms with Crippen LogP contribution in [0.5, 0.6) is 0 Å². The van der Waals surface area contributed by atoms with Crippen molar-refractivity contribution >= 4 is 57.5 Å². The standard InChI is InChI=1S/C17H15Cl2NO3S/c1-9-10(2)24-16(15(9)17(22)23-3)20-14(21)7-5-11-4-6-12(18)13(19)8-11/h4-8H,1-3H3,(H,20,21). The summed E-state index contributed by atoms with van der Waals surface area (Å²) in [4.78, 5) is 24.9. The predicted molar refractivity (Wildman–Crippen MR) is 99.3 cm³/mol. The summed E-state index contributed by atoms with van der Waals surface area (Å²) in [7, 11) is 1.31. The van der Waals surface area contributed by atoms with Gasteiger partial charge in [-0.2, -0.15) is 0 Å². The van der Waals surface area contributed by atoms with E-state index in [1.54, 1.807) is 24.3 Å². The summed E-state index contributed by atoms with van der Waals surface area (Å²) in [6.45, 7) is 3.70. The van der Waals surface area contributed by atoms with E-state index in [-0.39, 0.29) is 5.91 Å². The second-order valence-corrected chi connectivity index (χ2v) is 7.01. The summed E-state index contributed by atoms with van der Waals surface area (Å²) >= 11 is 13.1. The molecule has 7 heteroatoms. The van der Waals surface area contributed by atoms with Crippen molar-refractivity contribution in [1.82, 2.24) is 0 Å². The zero-order valence-corrected chi connectivity index (χ0v) is 15.6. The highest BCUT2D eigenvalue weighted by Gasteiger charge is 2.20. The molecule has 0 spiro atoms. The van der Waals surface area contributed by atoms with Crippen LogP contribution in [0.15, 0.2) is 24.3 Å². The third kappa shape index (κ3) is 4.17. The molecule has 2 rings (SSSR count). The lowest BCUT2D eigenvalue weighted by Crippen LogP contribution is -2.11. The van der Waals surface area contributed by atoms with Crippen molar-refractivity contribution in [3.8, 4) is 0 Å². The molecule has 0 saturated heterocycles. The van der Waals surface area contributed by atoms with Gasteiger partial charge in [-0.25, -0.2) is 4.79 Å². The number of carbonyl (C=O) groups excluding carboxylic acids is 2. The number of hydrogen-bond acceptors (Lipinski definition) is 4. The number of thiophene rings is 1. The van der Waals surface area contributed by atoms with Gasteiger partial charge >= 0.3 is 5.97 Å². The number of methoxy groups -OCH3 is 1. The number of esters is 1. The Morgan fingerprint density at radius 3 is 2.54 bits per heavy atom. The molecular formula is C17H15Cl2NO3S. The number of rotatable bonds is 4. The SMILES string of the molecule is COC(=O)c1c(NC(=O)C=Cc2ccc(Cl)c(Cl)c2)sc(C)c1C. The molecule has 0 atom stereocenters. The number of halogens is 2. The van der Waals surface area contributed by atoms with E-state index in [0.717, 1.165) is 16.0 Å². The fourth-order valence-electron chi connectivity index (χ4n) is 2.00. The summed E-state index contributed by atoms with van der Waals surface area (Å²) < 4.78 is 4.78. The van der Waals surface area contributed by atoms with Crippen LogP contribution in [0.2, 0.25) is 10.0 Å². The van der Waals surface area contributed by atoms with Crippen LogP contribution in [0, 0.1) is 13.8 Å². The zero-order valence-electron chi connectivity index (χ0n) is 13.3. The molecule has 0 bridgehead atoms. The number of nitrogens with one attached hydrogen (secondary N) is 1. The second kappa shape index (κ2) is 7.83. The van der Waals surface area contributed by atoms with E-state index >= 15 is 0 Å². The van der Waals surface area contributed by atoms with Crippen molar-refractivity contribution in [3.05, 3.63) is 55.9 Å². The molecule has 0 unspecified atom stereocenters. The molecule has 2 aromatic rings. The Kier molecular flexibility index (Phi) is 6.04. The average Bonchev–Trinajstić information content (AvgIpc) is 2.82. The first-order valence-corrected chi connectivity index (χ1v) is 8.53. The van der Waals surface area contributed by atoms with Crippen LogP contribution in [0.3, 0.4) is 0 Å². The Balaban J connectivity index is 2.18. The number of hydrogen-bond donors (Lipinski definition) is 1. The first kappa shape index (κ1) is 18.5. The van der Waals surface area contributed by atoms with Gasteiger partial charge in [0.2, 0.25) is 5.91 Å². The minimum atomic E-state index is -0.472. The number of aryl methyl sites for hydroxylation is 1. The first-order valence-electron chi connectivity index (χ1n) is 6.96. The topological polar surface area (TPSA) is 55.4 Å². The normalized spacial score (nSPS) is 10.9.